The first-order chi connectivity index (χ1) is 54.3. The van der Waals surface area contributed by atoms with Gasteiger partial charge in [0.1, 0.15) is 6.07 Å². The number of hydrogen-bond donors (Lipinski definition) is 0. The molecule has 0 atom stereocenters. The molecule has 0 spiro atoms. The lowest BCUT2D eigenvalue weighted by molar-refractivity contribution is 0.591. The summed E-state index contributed by atoms with van der Waals surface area (Å²) in [5, 5.41) is 13.6. The zero-order valence-corrected chi connectivity index (χ0v) is 53.1. The Hall–Kier alpha value is -12.1. The number of fused-ring (bicyclic) bond motifs is 13. The molecule has 19 rings (SSSR count). The van der Waals surface area contributed by atoms with Crippen LogP contribution in [-0.2, 0) is 5.41 Å². The van der Waals surface area contributed by atoms with Crippen molar-refractivity contribution in [1.82, 2.24) is 13.7 Å². The number of para-hydroxylation sites is 5. The third-order valence-corrected chi connectivity index (χ3v) is 19.6. The van der Waals surface area contributed by atoms with Crippen LogP contribution in [0.4, 0.5) is 34.1 Å². The molecule has 0 amide bonds. The third kappa shape index (κ3) is 8.67. The summed E-state index contributed by atoms with van der Waals surface area (Å²) in [6.45, 7) is 5.55. The standard InChI is InChI=1S/C89H60BClN6/c1-89(2,3)61-48-71(57-25-9-5-10-26-57)88(72(49-61)58-27-11-6-12-28-58)97-84-52-64(93-76-34-18-13-29-66(76)67-30-14-19-35-77(67)93)43-45-75(84)90-74-44-41-62(91)50-83(74)96(85-53-65(54-86(97)87(85)90)95-78-36-20-15-31-68(78)69-32-16-21-37-79(69)95)82-51-63(42-39-60(82)55-92)94-80-38-22-17-33-70(80)73-47-59(40-46-81(73)94)56-23-7-4-8-24-56/h4-54H,1-3H3/i13D,14D,15D,16D,18D,19D,20D,21D,29D,30D,31D,32D,34D,35D,36D,37D. The molecule has 14 aromatic carbocycles. The summed E-state index contributed by atoms with van der Waals surface area (Å²) in [6.07, 6.45) is 0. The normalized spacial score (nSPS) is 15.0. The fourth-order valence-electron chi connectivity index (χ4n) is 15.0. The van der Waals surface area contributed by atoms with Gasteiger partial charge in [0.25, 0.3) is 6.71 Å². The molecule has 0 N–H and O–H groups in total. The second kappa shape index (κ2) is 21.7. The molecule has 0 aliphatic carbocycles. The summed E-state index contributed by atoms with van der Waals surface area (Å²) in [4.78, 5) is 4.09. The summed E-state index contributed by atoms with van der Waals surface area (Å²) in [5.41, 5.74) is 12.6. The van der Waals surface area contributed by atoms with Crippen LogP contribution in [0.2, 0.25) is 5.02 Å². The molecule has 3 aromatic heterocycles. The molecule has 0 saturated heterocycles. The molecule has 97 heavy (non-hydrogen) atoms. The number of rotatable bonds is 8. The number of halogens is 1. The van der Waals surface area contributed by atoms with Gasteiger partial charge in [0.05, 0.1) is 77.7 Å². The molecule has 5 heterocycles. The Morgan fingerprint density at radius 3 is 1.39 bits per heavy atom. The van der Waals surface area contributed by atoms with Gasteiger partial charge in [-0.2, -0.15) is 5.26 Å². The van der Waals surface area contributed by atoms with E-state index in [9.17, 15) is 24.5 Å². The van der Waals surface area contributed by atoms with Crippen LogP contribution in [0.25, 0.3) is 116 Å². The van der Waals surface area contributed by atoms with E-state index < -0.39 is 109 Å². The molecule has 8 heteroatoms. The Kier molecular flexibility index (Phi) is 9.48. The fraction of sp³-hybridized carbons (Fsp3) is 0.0449. The van der Waals surface area contributed by atoms with Crippen LogP contribution in [0.3, 0.4) is 0 Å². The van der Waals surface area contributed by atoms with Crippen molar-refractivity contribution < 1.29 is 21.9 Å². The predicted molar refractivity (Wildman–Crippen MR) is 408 cm³/mol. The van der Waals surface area contributed by atoms with Gasteiger partial charge in [-0.25, -0.2) is 0 Å². The van der Waals surface area contributed by atoms with Crippen molar-refractivity contribution in [3.05, 3.63) is 325 Å². The van der Waals surface area contributed by atoms with Gasteiger partial charge < -0.3 is 23.5 Å². The third-order valence-electron chi connectivity index (χ3n) is 19.3. The predicted octanol–water partition coefficient (Wildman–Crippen LogP) is 21.9. The Labute approximate surface area is 590 Å². The summed E-state index contributed by atoms with van der Waals surface area (Å²) in [7, 11) is 0. The maximum absolute atomic E-state index is 11.9. The second-order valence-electron chi connectivity index (χ2n) is 25.7. The van der Waals surface area contributed by atoms with Crippen molar-refractivity contribution in [2.75, 3.05) is 9.80 Å². The van der Waals surface area contributed by atoms with Crippen molar-refractivity contribution in [3.63, 3.8) is 0 Å². The summed E-state index contributed by atoms with van der Waals surface area (Å²) < 4.78 is 157. The molecule has 0 fully saturated rings. The van der Waals surface area contributed by atoms with Gasteiger partial charge in [-0.3, -0.25) is 0 Å². The monoisotopic (exact) mass is 1270 g/mol. The molecule has 0 radical (unpaired) electrons. The molecule has 17 aromatic rings. The van der Waals surface area contributed by atoms with E-state index in [-0.39, 0.29) is 60.5 Å². The Morgan fingerprint density at radius 1 is 0.371 bits per heavy atom. The first-order valence-corrected chi connectivity index (χ1v) is 32.3. The Bertz CT molecular complexity index is 6960. The van der Waals surface area contributed by atoms with Crippen LogP contribution in [0.5, 0.6) is 0 Å². The number of benzene rings is 14. The molecule has 456 valence electrons. The lowest BCUT2D eigenvalue weighted by atomic mass is 9.33. The topological polar surface area (TPSA) is 45.1 Å². The van der Waals surface area contributed by atoms with E-state index in [2.05, 4.69) is 90.9 Å². The molecule has 2 aliphatic rings. The largest absolute Gasteiger partial charge is 0.310 e. The Morgan fingerprint density at radius 2 is 0.825 bits per heavy atom. The minimum Gasteiger partial charge on any atom is -0.310 e. The zero-order valence-electron chi connectivity index (χ0n) is 68.3. The first-order valence-electron chi connectivity index (χ1n) is 40.0. The highest BCUT2D eigenvalue weighted by Crippen LogP contribution is 2.54. The van der Waals surface area contributed by atoms with Gasteiger partial charge in [-0.1, -0.05) is 232 Å². The van der Waals surface area contributed by atoms with E-state index in [4.69, 9.17) is 14.3 Å². The minimum absolute atomic E-state index is 0.114. The van der Waals surface area contributed by atoms with E-state index >= 15 is 0 Å². The minimum atomic E-state index is -0.850. The van der Waals surface area contributed by atoms with Crippen molar-refractivity contribution in [2.24, 2.45) is 0 Å². The number of aromatic nitrogens is 3. The molecule has 0 bridgehead atoms. The molecule has 2 aliphatic heterocycles. The highest BCUT2D eigenvalue weighted by molar-refractivity contribution is 7.00. The van der Waals surface area contributed by atoms with Gasteiger partial charge in [0, 0.05) is 82.6 Å². The van der Waals surface area contributed by atoms with E-state index in [0.717, 1.165) is 49.6 Å². The number of nitrogens with zero attached hydrogens (tertiary/aromatic N) is 6. The van der Waals surface area contributed by atoms with Gasteiger partial charge in [0.15, 0.2) is 0 Å². The Balaban J connectivity index is 1.02. The van der Waals surface area contributed by atoms with Crippen LogP contribution in [0.1, 0.15) is 53.8 Å². The van der Waals surface area contributed by atoms with Gasteiger partial charge in [-0.15, -0.1) is 0 Å². The van der Waals surface area contributed by atoms with Gasteiger partial charge in [0.2, 0.25) is 0 Å². The maximum Gasteiger partial charge on any atom is 0.252 e. The summed E-state index contributed by atoms with van der Waals surface area (Å²) in [5.74, 6) is 0. The lowest BCUT2D eigenvalue weighted by Gasteiger charge is -2.45. The van der Waals surface area contributed by atoms with Crippen LogP contribution in [-0.4, -0.2) is 20.4 Å². The zero-order chi connectivity index (χ0) is 78.7. The second-order valence-corrected chi connectivity index (χ2v) is 26.1. The number of hydrogen-bond acceptors (Lipinski definition) is 3. The maximum atomic E-state index is 11.9. The molecule has 0 unspecified atom stereocenters. The SMILES string of the molecule is [2H]c1c([2H])c([2H])c2c(c1[2H])c1c([2H])c([2H])c([2H])c([2H])c1n2-c1ccc2c(c1)N(c1c(-c3ccccc3)cc(C(C)(C)C)cc1-c1ccccc1)c1cc(-n3c4c([2H])c([2H])c([2H])c([2H])c4c4c([2H])c([2H])c([2H])c([2H])c43)cc3c1B2c1ccc(Cl)cc1N3c1cc(-n2c3ccccc3c3cc(-c4ccccc4)ccc32)ccc1C#N. The molecular weight excluding hydrogens is 1200 g/mol. The van der Waals surface area contributed by atoms with Crippen LogP contribution in [0.15, 0.2) is 309 Å². The van der Waals surface area contributed by atoms with E-state index in [0.29, 0.717) is 72.3 Å². The highest BCUT2D eigenvalue weighted by atomic mass is 35.5. The van der Waals surface area contributed by atoms with E-state index in [1.807, 2.05) is 144 Å². The summed E-state index contributed by atoms with van der Waals surface area (Å²) >= 11 is 7.43. The quantitative estimate of drug-likeness (QED) is 0.142. The van der Waals surface area contributed by atoms with Crippen molar-refractivity contribution in [3.8, 4) is 56.5 Å². The average Bonchev–Trinajstić information content (AvgIpc) is 1.57. The van der Waals surface area contributed by atoms with E-state index in [1.54, 1.807) is 18.2 Å². The van der Waals surface area contributed by atoms with Gasteiger partial charge >= 0.3 is 0 Å². The smallest absolute Gasteiger partial charge is 0.252 e. The van der Waals surface area contributed by atoms with E-state index in [1.165, 1.54) is 9.13 Å². The van der Waals surface area contributed by atoms with Gasteiger partial charge in [-0.05, 0) is 159 Å². The highest BCUT2D eigenvalue weighted by Gasteiger charge is 2.46. The van der Waals surface area contributed by atoms with Crippen molar-refractivity contribution >= 4 is 134 Å². The fourth-order valence-corrected chi connectivity index (χ4v) is 15.2. The molecule has 0 saturated carbocycles. The molecular formula is C89H60BClN6. The summed E-state index contributed by atoms with van der Waals surface area (Å²) in [6, 6.07) is 62.6. The van der Waals surface area contributed by atoms with Crippen molar-refractivity contribution in [1.29, 1.82) is 5.26 Å². The lowest BCUT2D eigenvalue weighted by Crippen LogP contribution is -2.61. The van der Waals surface area contributed by atoms with Crippen molar-refractivity contribution in [2.45, 2.75) is 26.2 Å². The first kappa shape index (κ1) is 42.3. The number of nitriles is 1. The number of anilines is 6. The molecule has 6 nitrogen and oxygen atoms in total. The van der Waals surface area contributed by atoms with Crippen LogP contribution < -0.4 is 26.2 Å². The van der Waals surface area contributed by atoms with Crippen LogP contribution in [0, 0.1) is 11.3 Å². The average molecular weight is 1280 g/mol. The van der Waals surface area contributed by atoms with Crippen LogP contribution >= 0.6 is 11.6 Å².